The van der Waals surface area contributed by atoms with Gasteiger partial charge in [-0.1, -0.05) is 44.2 Å². The molecule has 0 bridgehead atoms. The Morgan fingerprint density at radius 3 is 2.16 bits per heavy atom. The number of carboxylic acids is 2. The summed E-state index contributed by atoms with van der Waals surface area (Å²) in [4.78, 5) is 26.0. The van der Waals surface area contributed by atoms with Gasteiger partial charge in [-0.25, -0.2) is 19.3 Å². The van der Waals surface area contributed by atoms with Crippen LogP contribution in [0.25, 0.3) is 28.0 Å². The van der Waals surface area contributed by atoms with E-state index in [9.17, 15) is 9.59 Å². The average Bonchev–Trinajstić information content (AvgIpc) is 3.31. The van der Waals surface area contributed by atoms with Crippen molar-refractivity contribution >= 4 is 23.0 Å². The summed E-state index contributed by atoms with van der Waals surface area (Å²) in [5.74, 6) is -1.64. The van der Waals surface area contributed by atoms with Crippen LogP contribution < -0.4 is 4.74 Å². The quantitative estimate of drug-likeness (QED) is 0.304. The molecule has 0 unspecified atom stereocenters. The maximum Gasteiger partial charge on any atom is 0.328 e. The Kier molecular flexibility index (Phi) is 9.92. The van der Waals surface area contributed by atoms with E-state index in [0.29, 0.717) is 18.8 Å². The predicted molar refractivity (Wildman–Crippen MR) is 142 cm³/mol. The molecule has 4 aromatic rings. The molecule has 9 heteroatoms. The number of aromatic nitrogens is 3. The lowest BCUT2D eigenvalue weighted by Crippen LogP contribution is -2.27. The van der Waals surface area contributed by atoms with Crippen LogP contribution in [0, 0.1) is 0 Å². The van der Waals surface area contributed by atoms with E-state index in [1.807, 2.05) is 53.2 Å². The number of aliphatic carboxylic acids is 2. The van der Waals surface area contributed by atoms with Gasteiger partial charge in [0.25, 0.3) is 0 Å². The monoisotopic (exact) mass is 502 g/mol. The van der Waals surface area contributed by atoms with Crippen molar-refractivity contribution in [2.45, 2.75) is 13.8 Å². The molecule has 192 valence electrons. The standard InChI is InChI=1S/C24H26N4O.C4H4O4/c1-3-27(4-2)17-18-29-21-14-12-20(13-15-21)28-24-22(11-8-16-25-24)23(26-28)19-9-6-5-7-10-19;5-3(6)1-2-4(7)8/h5-16H,3-4,17-18H2,1-2H3;1-2H,(H,5,6)(H,7,8). The maximum atomic E-state index is 9.55. The lowest BCUT2D eigenvalue weighted by Gasteiger charge is -2.18. The summed E-state index contributed by atoms with van der Waals surface area (Å²) in [5, 5.41) is 21.5. The van der Waals surface area contributed by atoms with Gasteiger partial charge in [-0.05, 0) is 49.5 Å². The number of hydrogen-bond acceptors (Lipinski definition) is 6. The summed E-state index contributed by atoms with van der Waals surface area (Å²) in [6.45, 7) is 8.05. The second kappa shape index (κ2) is 13.6. The Labute approximate surface area is 215 Å². The fourth-order valence-electron chi connectivity index (χ4n) is 3.60. The predicted octanol–water partition coefficient (Wildman–Crippen LogP) is 4.52. The Bertz CT molecular complexity index is 1310. The number of pyridine rings is 1. The molecular weight excluding hydrogens is 472 g/mol. The van der Waals surface area contributed by atoms with E-state index in [2.05, 4.69) is 41.9 Å². The van der Waals surface area contributed by atoms with Crippen molar-refractivity contribution in [2.75, 3.05) is 26.2 Å². The molecule has 0 fully saturated rings. The molecule has 37 heavy (non-hydrogen) atoms. The first-order valence-corrected chi connectivity index (χ1v) is 11.9. The topological polar surface area (TPSA) is 118 Å². The smallest absolute Gasteiger partial charge is 0.328 e. The third-order valence-corrected chi connectivity index (χ3v) is 5.51. The molecule has 0 aliphatic heterocycles. The number of carbonyl (C=O) groups is 2. The minimum absolute atomic E-state index is 0.558. The second-order valence-electron chi connectivity index (χ2n) is 7.88. The second-order valence-corrected chi connectivity index (χ2v) is 7.88. The number of hydrogen-bond donors (Lipinski definition) is 2. The van der Waals surface area contributed by atoms with Gasteiger partial charge >= 0.3 is 11.9 Å². The highest BCUT2D eigenvalue weighted by molar-refractivity contribution is 5.92. The molecule has 0 aliphatic carbocycles. The summed E-state index contributed by atoms with van der Waals surface area (Å²) in [6, 6.07) is 22.3. The molecule has 4 rings (SSSR count). The average molecular weight is 503 g/mol. The third-order valence-electron chi connectivity index (χ3n) is 5.51. The fraction of sp³-hybridized carbons (Fsp3) is 0.214. The minimum atomic E-state index is -1.26. The van der Waals surface area contributed by atoms with Crippen LogP contribution in [0.3, 0.4) is 0 Å². The first-order chi connectivity index (χ1) is 17.9. The minimum Gasteiger partial charge on any atom is -0.492 e. The van der Waals surface area contributed by atoms with Crippen molar-refractivity contribution in [3.8, 4) is 22.7 Å². The van der Waals surface area contributed by atoms with E-state index in [-0.39, 0.29) is 0 Å². The molecule has 0 aliphatic rings. The van der Waals surface area contributed by atoms with Gasteiger partial charge in [-0.2, -0.15) is 5.10 Å². The summed E-state index contributed by atoms with van der Waals surface area (Å²) in [6.07, 6.45) is 2.92. The number of ether oxygens (including phenoxy) is 1. The van der Waals surface area contributed by atoms with Gasteiger partial charge in [0.1, 0.15) is 18.1 Å². The maximum absolute atomic E-state index is 9.55. The third kappa shape index (κ3) is 7.74. The first kappa shape index (κ1) is 27.1. The molecule has 2 N–H and O–H groups in total. The van der Waals surface area contributed by atoms with Crippen molar-refractivity contribution < 1.29 is 24.5 Å². The summed E-state index contributed by atoms with van der Waals surface area (Å²) >= 11 is 0. The van der Waals surface area contributed by atoms with Gasteiger partial charge in [0.15, 0.2) is 5.65 Å². The zero-order valence-electron chi connectivity index (χ0n) is 20.8. The molecular formula is C28H30N4O5. The lowest BCUT2D eigenvalue weighted by molar-refractivity contribution is -0.134. The van der Waals surface area contributed by atoms with Crippen LogP contribution in [0.2, 0.25) is 0 Å². The van der Waals surface area contributed by atoms with Gasteiger partial charge in [0.05, 0.1) is 5.69 Å². The molecule has 2 heterocycles. The summed E-state index contributed by atoms with van der Waals surface area (Å²) in [5.41, 5.74) is 3.84. The highest BCUT2D eigenvalue weighted by Gasteiger charge is 2.14. The summed E-state index contributed by atoms with van der Waals surface area (Å²) < 4.78 is 7.81. The Morgan fingerprint density at radius 2 is 1.57 bits per heavy atom. The van der Waals surface area contributed by atoms with E-state index in [1.165, 1.54) is 0 Å². The first-order valence-electron chi connectivity index (χ1n) is 11.9. The molecule has 2 aromatic heterocycles. The van der Waals surface area contributed by atoms with Crippen molar-refractivity contribution in [3.05, 3.63) is 85.1 Å². The zero-order chi connectivity index (χ0) is 26.6. The molecule has 0 radical (unpaired) electrons. The Balaban J connectivity index is 0.000000414. The SMILES string of the molecule is CCN(CC)CCOc1ccc(-n2nc(-c3ccccc3)c3cccnc32)cc1.O=C(O)C=CC(=O)O. The number of nitrogens with zero attached hydrogens (tertiary/aromatic N) is 4. The Morgan fingerprint density at radius 1 is 0.919 bits per heavy atom. The molecule has 9 nitrogen and oxygen atoms in total. The molecule has 0 spiro atoms. The molecule has 0 amide bonds. The van der Waals surface area contributed by atoms with Crippen molar-refractivity contribution in [1.29, 1.82) is 0 Å². The van der Waals surface area contributed by atoms with Gasteiger partial charge < -0.3 is 19.8 Å². The summed E-state index contributed by atoms with van der Waals surface area (Å²) in [7, 11) is 0. The zero-order valence-corrected chi connectivity index (χ0v) is 20.8. The van der Waals surface area contributed by atoms with Crippen molar-refractivity contribution in [2.24, 2.45) is 0 Å². The number of rotatable bonds is 10. The van der Waals surface area contributed by atoms with Crippen LogP contribution in [0.4, 0.5) is 0 Å². The number of likely N-dealkylation sites (N-methyl/N-ethyl adjacent to an activating group) is 1. The molecule has 2 aromatic carbocycles. The lowest BCUT2D eigenvalue weighted by atomic mass is 10.1. The van der Waals surface area contributed by atoms with Gasteiger partial charge in [-0.15, -0.1) is 0 Å². The molecule has 0 atom stereocenters. The van der Waals surface area contributed by atoms with Crippen LogP contribution in [0.15, 0.2) is 85.1 Å². The highest BCUT2D eigenvalue weighted by atomic mass is 16.5. The molecule has 0 saturated carbocycles. The van der Waals surface area contributed by atoms with Crippen LogP contribution >= 0.6 is 0 Å². The van der Waals surface area contributed by atoms with E-state index in [1.54, 1.807) is 6.20 Å². The van der Waals surface area contributed by atoms with Gasteiger partial charge in [0, 0.05) is 35.8 Å². The van der Waals surface area contributed by atoms with Crippen LogP contribution in [-0.2, 0) is 9.59 Å². The van der Waals surface area contributed by atoms with E-state index >= 15 is 0 Å². The van der Waals surface area contributed by atoms with Crippen LogP contribution in [0.5, 0.6) is 5.75 Å². The number of carboxylic acid groups (broad SMARTS) is 2. The van der Waals surface area contributed by atoms with E-state index in [0.717, 1.165) is 53.4 Å². The number of fused-ring (bicyclic) bond motifs is 1. The largest absolute Gasteiger partial charge is 0.492 e. The fourth-order valence-corrected chi connectivity index (χ4v) is 3.60. The Hall–Kier alpha value is -4.50. The van der Waals surface area contributed by atoms with Gasteiger partial charge in [0.2, 0.25) is 0 Å². The van der Waals surface area contributed by atoms with E-state index in [4.69, 9.17) is 20.0 Å². The van der Waals surface area contributed by atoms with Crippen LogP contribution in [-0.4, -0.2) is 68.1 Å². The van der Waals surface area contributed by atoms with Crippen molar-refractivity contribution in [1.82, 2.24) is 19.7 Å². The number of benzene rings is 2. The van der Waals surface area contributed by atoms with E-state index < -0.39 is 11.9 Å². The van der Waals surface area contributed by atoms with Gasteiger partial charge in [-0.3, -0.25) is 0 Å². The van der Waals surface area contributed by atoms with Crippen molar-refractivity contribution in [3.63, 3.8) is 0 Å². The normalized spacial score (nSPS) is 10.9. The molecule has 0 saturated heterocycles. The van der Waals surface area contributed by atoms with Crippen LogP contribution in [0.1, 0.15) is 13.8 Å². The highest BCUT2D eigenvalue weighted by Crippen LogP contribution is 2.28.